The normalized spacial score (nSPS) is 12.1. The Balaban J connectivity index is 1.95. The molecule has 6 nitrogen and oxygen atoms in total. The molecule has 7 heteroatoms. The first-order valence-electron chi connectivity index (χ1n) is 9.31. The highest BCUT2D eigenvalue weighted by Crippen LogP contribution is 2.27. The summed E-state index contributed by atoms with van der Waals surface area (Å²) in [5.74, 6) is -0.713. The quantitative estimate of drug-likeness (QED) is 0.590. The fraction of sp³-hybridized carbons (Fsp3) is 0.318. The van der Waals surface area contributed by atoms with E-state index in [0.717, 1.165) is 4.90 Å². The minimum Gasteiger partial charge on any atom is -0.366 e. The number of rotatable bonds is 7. The Morgan fingerprint density at radius 2 is 1.66 bits per heavy atom. The predicted molar refractivity (Wildman–Crippen MR) is 118 cm³/mol. The summed E-state index contributed by atoms with van der Waals surface area (Å²) in [4.78, 5) is 36.6. The molecule has 2 rings (SSSR count). The number of primary amides is 1. The number of nitrogens with two attached hydrogens (primary N) is 1. The van der Waals surface area contributed by atoms with E-state index in [0.29, 0.717) is 23.4 Å². The van der Waals surface area contributed by atoms with Gasteiger partial charge in [0.2, 0.25) is 17.7 Å². The van der Waals surface area contributed by atoms with Gasteiger partial charge in [-0.25, -0.2) is 0 Å². The molecular weight excluding hydrogens is 386 g/mol. The number of benzene rings is 2. The third-order valence-corrected chi connectivity index (χ3v) is 5.02. The van der Waals surface area contributed by atoms with E-state index >= 15 is 0 Å². The standard InChI is InChI=1S/C22H27N3O3S/c1-14(21(28)25-16-10-8-15(9-11-16)20(23)27)29-18-7-5-6-17(12-18)24-19(26)13-22(2,3)4/h5-12,14H,13H2,1-4H3,(H2,23,27)(H,24,26)(H,25,28). The van der Waals surface area contributed by atoms with E-state index in [4.69, 9.17) is 5.73 Å². The number of carbonyl (C=O) groups is 3. The molecule has 29 heavy (non-hydrogen) atoms. The van der Waals surface area contributed by atoms with Crippen molar-refractivity contribution in [2.24, 2.45) is 11.1 Å². The van der Waals surface area contributed by atoms with Gasteiger partial charge in [0.05, 0.1) is 5.25 Å². The zero-order valence-corrected chi connectivity index (χ0v) is 17.9. The van der Waals surface area contributed by atoms with Gasteiger partial charge >= 0.3 is 0 Å². The maximum absolute atomic E-state index is 12.5. The topological polar surface area (TPSA) is 101 Å². The molecule has 0 bridgehead atoms. The van der Waals surface area contributed by atoms with Gasteiger partial charge in [-0.3, -0.25) is 14.4 Å². The van der Waals surface area contributed by atoms with Crippen LogP contribution in [0.4, 0.5) is 11.4 Å². The zero-order valence-electron chi connectivity index (χ0n) is 17.1. The Morgan fingerprint density at radius 1 is 1.00 bits per heavy atom. The van der Waals surface area contributed by atoms with E-state index < -0.39 is 5.91 Å². The van der Waals surface area contributed by atoms with Gasteiger partial charge in [0.15, 0.2) is 0 Å². The molecule has 2 aromatic rings. The number of thioether (sulfide) groups is 1. The summed E-state index contributed by atoms with van der Waals surface area (Å²) in [7, 11) is 0. The summed E-state index contributed by atoms with van der Waals surface area (Å²) in [6.45, 7) is 7.85. The first kappa shape index (κ1) is 22.5. The van der Waals surface area contributed by atoms with E-state index in [9.17, 15) is 14.4 Å². The van der Waals surface area contributed by atoms with Crippen LogP contribution in [0.15, 0.2) is 53.4 Å². The minimum atomic E-state index is -0.513. The second kappa shape index (κ2) is 9.60. The largest absolute Gasteiger partial charge is 0.366 e. The Hall–Kier alpha value is -2.80. The van der Waals surface area contributed by atoms with E-state index in [-0.39, 0.29) is 22.5 Å². The number of anilines is 2. The second-order valence-electron chi connectivity index (χ2n) is 8.00. The van der Waals surface area contributed by atoms with Gasteiger partial charge in [-0.15, -0.1) is 11.8 Å². The van der Waals surface area contributed by atoms with Crippen molar-refractivity contribution < 1.29 is 14.4 Å². The smallest absolute Gasteiger partial charge is 0.248 e. The van der Waals surface area contributed by atoms with Crippen LogP contribution in [0, 0.1) is 5.41 Å². The molecule has 0 fully saturated rings. The summed E-state index contributed by atoms with van der Waals surface area (Å²) in [6, 6.07) is 13.9. The van der Waals surface area contributed by atoms with Gasteiger partial charge in [-0.05, 0) is 54.8 Å². The maximum Gasteiger partial charge on any atom is 0.248 e. The first-order valence-corrected chi connectivity index (χ1v) is 10.2. The zero-order chi connectivity index (χ0) is 21.6. The molecule has 0 aliphatic rings. The van der Waals surface area contributed by atoms with E-state index in [1.165, 1.54) is 11.8 Å². The van der Waals surface area contributed by atoms with Crippen LogP contribution in [-0.2, 0) is 9.59 Å². The Morgan fingerprint density at radius 3 is 2.24 bits per heavy atom. The summed E-state index contributed by atoms with van der Waals surface area (Å²) in [5.41, 5.74) is 6.82. The number of carbonyl (C=O) groups excluding carboxylic acids is 3. The molecule has 0 aliphatic heterocycles. The third-order valence-electron chi connectivity index (χ3n) is 3.93. The lowest BCUT2D eigenvalue weighted by Gasteiger charge is -2.17. The molecule has 2 aromatic carbocycles. The number of amides is 3. The molecular formula is C22H27N3O3S. The molecule has 0 spiro atoms. The van der Waals surface area contributed by atoms with Gasteiger partial charge < -0.3 is 16.4 Å². The first-order chi connectivity index (χ1) is 13.5. The molecule has 1 unspecified atom stereocenters. The van der Waals surface area contributed by atoms with Crippen molar-refractivity contribution in [2.45, 2.75) is 44.3 Å². The average Bonchev–Trinajstić information content (AvgIpc) is 2.60. The molecule has 3 amide bonds. The van der Waals surface area contributed by atoms with Gasteiger partial charge in [0.1, 0.15) is 0 Å². The lowest BCUT2D eigenvalue weighted by Crippen LogP contribution is -2.22. The van der Waals surface area contributed by atoms with Gasteiger partial charge in [-0.1, -0.05) is 26.8 Å². The van der Waals surface area contributed by atoms with Gasteiger partial charge in [0, 0.05) is 28.3 Å². The fourth-order valence-corrected chi connectivity index (χ4v) is 3.48. The van der Waals surface area contributed by atoms with Gasteiger partial charge in [-0.2, -0.15) is 0 Å². The summed E-state index contributed by atoms with van der Waals surface area (Å²) in [6.07, 6.45) is 0.428. The molecule has 1 atom stereocenters. The van der Waals surface area contributed by atoms with Crippen LogP contribution in [0.5, 0.6) is 0 Å². The van der Waals surface area contributed by atoms with E-state index in [1.54, 1.807) is 24.3 Å². The third kappa shape index (κ3) is 7.62. The highest BCUT2D eigenvalue weighted by Gasteiger charge is 2.17. The van der Waals surface area contributed by atoms with Crippen molar-refractivity contribution in [2.75, 3.05) is 10.6 Å². The number of hydrogen-bond donors (Lipinski definition) is 3. The van der Waals surface area contributed by atoms with Crippen LogP contribution in [-0.4, -0.2) is 23.0 Å². The lowest BCUT2D eigenvalue weighted by atomic mass is 9.92. The lowest BCUT2D eigenvalue weighted by molar-refractivity contribution is -0.118. The summed E-state index contributed by atoms with van der Waals surface area (Å²) < 4.78 is 0. The van der Waals surface area contributed by atoms with Crippen molar-refractivity contribution >= 4 is 40.9 Å². The SMILES string of the molecule is CC(Sc1cccc(NC(=O)CC(C)(C)C)c1)C(=O)Nc1ccc(C(N)=O)cc1. The average molecular weight is 414 g/mol. The monoisotopic (exact) mass is 413 g/mol. The minimum absolute atomic E-state index is 0.0372. The molecule has 154 valence electrons. The van der Waals surface area contributed by atoms with Crippen molar-refractivity contribution in [3.63, 3.8) is 0 Å². The van der Waals surface area contributed by atoms with Crippen LogP contribution in [0.3, 0.4) is 0 Å². The van der Waals surface area contributed by atoms with Crippen molar-refractivity contribution in [3.8, 4) is 0 Å². The molecule has 0 aliphatic carbocycles. The Labute approximate surface area is 175 Å². The van der Waals surface area contributed by atoms with Crippen LogP contribution < -0.4 is 16.4 Å². The van der Waals surface area contributed by atoms with Crippen LogP contribution in [0.2, 0.25) is 0 Å². The van der Waals surface area contributed by atoms with Crippen LogP contribution in [0.25, 0.3) is 0 Å². The molecule has 0 saturated carbocycles. The maximum atomic E-state index is 12.5. The molecule has 4 N–H and O–H groups in total. The second-order valence-corrected chi connectivity index (χ2v) is 9.42. The molecule has 0 radical (unpaired) electrons. The van der Waals surface area contributed by atoms with Gasteiger partial charge in [0.25, 0.3) is 0 Å². The highest BCUT2D eigenvalue weighted by atomic mass is 32.2. The van der Waals surface area contributed by atoms with Crippen molar-refractivity contribution in [3.05, 3.63) is 54.1 Å². The number of hydrogen-bond acceptors (Lipinski definition) is 4. The van der Waals surface area contributed by atoms with Crippen molar-refractivity contribution in [1.82, 2.24) is 0 Å². The van der Waals surface area contributed by atoms with E-state index in [1.807, 2.05) is 52.0 Å². The fourth-order valence-electron chi connectivity index (χ4n) is 2.55. The molecule has 0 heterocycles. The van der Waals surface area contributed by atoms with Crippen molar-refractivity contribution in [1.29, 1.82) is 0 Å². The molecule has 0 aromatic heterocycles. The Bertz CT molecular complexity index is 889. The summed E-state index contributed by atoms with van der Waals surface area (Å²) in [5, 5.41) is 5.37. The predicted octanol–water partition coefficient (Wildman–Crippen LogP) is 4.28. The van der Waals surface area contributed by atoms with Crippen LogP contribution in [0.1, 0.15) is 44.5 Å². The molecule has 0 saturated heterocycles. The van der Waals surface area contributed by atoms with E-state index in [2.05, 4.69) is 10.6 Å². The highest BCUT2D eigenvalue weighted by molar-refractivity contribution is 8.00. The Kier molecular flexibility index (Phi) is 7.45. The summed E-state index contributed by atoms with van der Waals surface area (Å²) >= 11 is 1.40. The number of nitrogens with one attached hydrogen (secondary N) is 2. The van der Waals surface area contributed by atoms with Crippen LogP contribution >= 0.6 is 11.8 Å².